The number of hydrogen-bond donors (Lipinski definition) is 0. The summed E-state index contributed by atoms with van der Waals surface area (Å²) in [6.45, 7) is 0. The van der Waals surface area contributed by atoms with Crippen molar-refractivity contribution in [2.75, 3.05) is 0 Å². The number of aromatic nitrogens is 1. The van der Waals surface area contributed by atoms with Gasteiger partial charge in [0.05, 0.1) is 11.2 Å². The number of halogens is 1. The molecule has 3 aromatic rings. The standard InChI is InChI=1S/C16H11ClN2O.Cu.N3/c17-13-6-7-15(20)12(9-13)10-19-14-5-1-3-11-4-2-8-18-16(11)14;;1-3-2/h1-10,20H;;/q;+2;-1/p-1. The van der Waals surface area contributed by atoms with Crippen LogP contribution in [0.25, 0.3) is 26.9 Å². The van der Waals surface area contributed by atoms with E-state index in [0.717, 1.165) is 16.6 Å². The second-order valence-corrected chi connectivity index (χ2v) is 4.82. The van der Waals surface area contributed by atoms with Crippen LogP contribution in [0, 0.1) is 0 Å². The molecule has 24 heavy (non-hydrogen) atoms. The van der Waals surface area contributed by atoms with Crippen molar-refractivity contribution in [1.82, 2.24) is 4.98 Å². The SMILES string of the molecule is [Cu+2].[N-]=[N+]=[N-].[O-]c1ccc(Cl)cc1C=Nc1cccc2cccnc12. The van der Waals surface area contributed by atoms with Gasteiger partial charge in [0, 0.05) is 22.8 Å². The van der Waals surface area contributed by atoms with Crippen molar-refractivity contribution in [2.45, 2.75) is 0 Å². The molecule has 0 aliphatic carbocycles. The molecular weight excluding hydrogens is 377 g/mol. The van der Waals surface area contributed by atoms with Gasteiger partial charge in [-0.2, -0.15) is 0 Å². The molecule has 0 aliphatic heterocycles. The third kappa shape index (κ3) is 4.98. The number of nitrogens with zero attached hydrogens (tertiary/aromatic N) is 5. The fraction of sp³-hybridized carbons (Fsp3) is 0. The van der Waals surface area contributed by atoms with Crippen LogP contribution >= 0.6 is 11.6 Å². The van der Waals surface area contributed by atoms with Gasteiger partial charge in [0.25, 0.3) is 0 Å². The molecule has 0 amide bonds. The summed E-state index contributed by atoms with van der Waals surface area (Å²) in [7, 11) is 0. The number of fused-ring (bicyclic) bond motifs is 1. The van der Waals surface area contributed by atoms with E-state index < -0.39 is 0 Å². The van der Waals surface area contributed by atoms with Crippen LogP contribution in [-0.4, -0.2) is 11.2 Å². The maximum absolute atomic E-state index is 11.7. The molecule has 8 heteroatoms. The summed E-state index contributed by atoms with van der Waals surface area (Å²) < 4.78 is 0. The van der Waals surface area contributed by atoms with E-state index in [1.165, 1.54) is 17.2 Å². The molecular formula is C16H10ClCuN5O. The summed E-state index contributed by atoms with van der Waals surface area (Å²) in [5.41, 5.74) is 15.5. The molecule has 3 rings (SSSR count). The molecule has 0 fully saturated rings. The molecule has 0 N–H and O–H groups in total. The molecule has 6 nitrogen and oxygen atoms in total. The summed E-state index contributed by atoms with van der Waals surface area (Å²) in [5, 5.41) is 13.2. The van der Waals surface area contributed by atoms with Gasteiger partial charge >= 0.3 is 17.1 Å². The Morgan fingerprint density at radius 2 is 1.83 bits per heavy atom. The van der Waals surface area contributed by atoms with Gasteiger partial charge in [0.15, 0.2) is 0 Å². The largest absolute Gasteiger partial charge is 2.00 e. The number of para-hydroxylation sites is 1. The molecule has 1 radical (unpaired) electrons. The Hall–Kier alpha value is -2.56. The molecule has 0 aliphatic rings. The number of hydrogen-bond acceptors (Lipinski definition) is 3. The van der Waals surface area contributed by atoms with Crippen LogP contribution in [0.1, 0.15) is 5.56 Å². The Morgan fingerprint density at radius 1 is 1.12 bits per heavy atom. The van der Waals surface area contributed by atoms with Crippen LogP contribution in [0.2, 0.25) is 5.02 Å². The van der Waals surface area contributed by atoms with Crippen LogP contribution in [0.4, 0.5) is 5.69 Å². The Balaban J connectivity index is 0.000000671. The second kappa shape index (κ2) is 9.55. The number of benzene rings is 2. The monoisotopic (exact) mass is 386 g/mol. The van der Waals surface area contributed by atoms with E-state index in [9.17, 15) is 5.11 Å². The van der Waals surface area contributed by atoms with E-state index in [2.05, 4.69) is 9.98 Å². The fourth-order valence-electron chi connectivity index (χ4n) is 1.95. The first-order valence-electron chi connectivity index (χ1n) is 6.48. The van der Waals surface area contributed by atoms with Crippen molar-refractivity contribution in [1.29, 1.82) is 0 Å². The van der Waals surface area contributed by atoms with Crippen LogP contribution in [0.3, 0.4) is 0 Å². The van der Waals surface area contributed by atoms with Crippen LogP contribution in [0.5, 0.6) is 5.75 Å². The average Bonchev–Trinajstić information content (AvgIpc) is 2.56. The minimum Gasteiger partial charge on any atom is -0.872 e. The van der Waals surface area contributed by atoms with Gasteiger partial charge in [-0.05, 0) is 29.8 Å². The molecule has 0 bridgehead atoms. The summed E-state index contributed by atoms with van der Waals surface area (Å²) in [4.78, 5) is 10.2. The number of aliphatic imine (C=N–C) groups is 1. The maximum atomic E-state index is 11.7. The van der Waals surface area contributed by atoms with Gasteiger partial charge in [-0.3, -0.25) is 14.9 Å². The first kappa shape index (κ1) is 19.5. The summed E-state index contributed by atoms with van der Waals surface area (Å²) in [6.07, 6.45) is 3.25. The second-order valence-electron chi connectivity index (χ2n) is 4.38. The quantitative estimate of drug-likeness (QED) is 0.211. The molecule has 0 saturated heterocycles. The topological polar surface area (TPSA) is 107 Å². The first-order chi connectivity index (χ1) is 11.2. The number of pyridine rings is 1. The van der Waals surface area contributed by atoms with Crippen LogP contribution in [0.15, 0.2) is 59.7 Å². The number of rotatable bonds is 2. The van der Waals surface area contributed by atoms with E-state index in [1.54, 1.807) is 18.3 Å². The molecule has 0 atom stereocenters. The van der Waals surface area contributed by atoms with Crippen LogP contribution in [-0.2, 0) is 17.1 Å². The molecule has 0 saturated carbocycles. The van der Waals surface area contributed by atoms with E-state index in [1.807, 2.05) is 30.3 Å². The zero-order chi connectivity index (χ0) is 16.7. The van der Waals surface area contributed by atoms with Gasteiger partial charge in [-0.15, -0.1) is 0 Å². The van der Waals surface area contributed by atoms with Gasteiger partial charge in [0.2, 0.25) is 0 Å². The molecule has 1 heterocycles. The first-order valence-corrected chi connectivity index (χ1v) is 6.86. The van der Waals surface area contributed by atoms with Crippen molar-refractivity contribution in [3.8, 4) is 5.75 Å². The Morgan fingerprint density at radius 3 is 2.58 bits per heavy atom. The van der Waals surface area contributed by atoms with Gasteiger partial charge in [0.1, 0.15) is 0 Å². The third-order valence-electron chi connectivity index (χ3n) is 2.93. The Kier molecular flexibility index (Phi) is 7.75. The van der Waals surface area contributed by atoms with Crippen molar-refractivity contribution in [3.05, 3.63) is 81.3 Å². The van der Waals surface area contributed by atoms with Crippen molar-refractivity contribution >= 4 is 34.4 Å². The van der Waals surface area contributed by atoms with Crippen molar-refractivity contribution in [2.24, 2.45) is 4.99 Å². The molecule has 1 aromatic heterocycles. The maximum Gasteiger partial charge on any atom is 2.00 e. The zero-order valence-corrected chi connectivity index (χ0v) is 13.8. The average molecular weight is 387 g/mol. The van der Waals surface area contributed by atoms with Crippen LogP contribution < -0.4 is 5.11 Å². The fourth-order valence-corrected chi connectivity index (χ4v) is 2.13. The predicted molar refractivity (Wildman–Crippen MR) is 90.0 cm³/mol. The minimum absolute atomic E-state index is 0. The van der Waals surface area contributed by atoms with Crippen molar-refractivity contribution in [3.63, 3.8) is 0 Å². The molecule has 0 unspecified atom stereocenters. The van der Waals surface area contributed by atoms with Gasteiger partial charge < -0.3 is 16.2 Å². The molecule has 0 spiro atoms. The normalized spacial score (nSPS) is 9.71. The minimum atomic E-state index is -0.105. The third-order valence-corrected chi connectivity index (χ3v) is 3.16. The Labute approximate surface area is 153 Å². The molecule has 2 aromatic carbocycles. The van der Waals surface area contributed by atoms with Crippen molar-refractivity contribution < 1.29 is 22.2 Å². The smallest absolute Gasteiger partial charge is 0.872 e. The Bertz CT molecular complexity index is 889. The van der Waals surface area contributed by atoms with Gasteiger partial charge in [-0.25, -0.2) is 0 Å². The zero-order valence-electron chi connectivity index (χ0n) is 12.1. The van der Waals surface area contributed by atoms with E-state index in [4.69, 9.17) is 22.7 Å². The summed E-state index contributed by atoms with van der Waals surface area (Å²) in [6, 6.07) is 14.2. The predicted octanol–water partition coefficient (Wildman–Crippen LogP) is 4.58. The summed E-state index contributed by atoms with van der Waals surface area (Å²) in [5.74, 6) is -0.105. The van der Waals surface area contributed by atoms with E-state index >= 15 is 0 Å². The molecule has 123 valence electrons. The van der Waals surface area contributed by atoms with E-state index in [-0.39, 0.29) is 22.8 Å². The van der Waals surface area contributed by atoms with Gasteiger partial charge in [-0.1, -0.05) is 41.6 Å². The summed E-state index contributed by atoms with van der Waals surface area (Å²) >= 11 is 5.88. The van der Waals surface area contributed by atoms with E-state index in [0.29, 0.717) is 10.6 Å².